The molecule has 0 unspecified atom stereocenters. The fraction of sp³-hybridized carbons (Fsp3) is 0.370. The van der Waals surface area contributed by atoms with E-state index in [0.717, 1.165) is 41.8 Å². The summed E-state index contributed by atoms with van der Waals surface area (Å²) in [5.74, 6) is -0.692. The van der Waals surface area contributed by atoms with E-state index < -0.39 is 17.5 Å². The molecule has 1 N–H and O–H groups in total. The van der Waals surface area contributed by atoms with Crippen molar-refractivity contribution in [3.63, 3.8) is 0 Å². The molecule has 0 bridgehead atoms. The Balaban J connectivity index is 1.61. The third-order valence-corrected chi connectivity index (χ3v) is 6.48. The van der Waals surface area contributed by atoms with Gasteiger partial charge in [0.05, 0.1) is 6.61 Å². The number of hydrogen-bond donors (Lipinski definition) is 1. The summed E-state index contributed by atoms with van der Waals surface area (Å²) < 4.78 is 5.20. The van der Waals surface area contributed by atoms with Crippen molar-refractivity contribution in [1.29, 1.82) is 0 Å². The minimum Gasteiger partial charge on any atom is -0.383 e. The molecule has 2 aromatic carbocycles. The fourth-order valence-electron chi connectivity index (χ4n) is 4.71. The van der Waals surface area contributed by atoms with Gasteiger partial charge in [0.2, 0.25) is 5.91 Å². The molecular formula is C27H31N3O4. The number of benzene rings is 2. The Morgan fingerprint density at radius 3 is 2.41 bits per heavy atom. The van der Waals surface area contributed by atoms with E-state index in [2.05, 4.69) is 11.4 Å². The summed E-state index contributed by atoms with van der Waals surface area (Å²) in [4.78, 5) is 43.0. The average molecular weight is 462 g/mol. The van der Waals surface area contributed by atoms with Gasteiger partial charge in [-0.15, -0.1) is 0 Å². The summed E-state index contributed by atoms with van der Waals surface area (Å²) in [6.45, 7) is 0.457. The first-order valence-corrected chi connectivity index (χ1v) is 11.8. The first kappa shape index (κ1) is 23.7. The number of allylic oxidation sites excluding steroid dienone is 2. The van der Waals surface area contributed by atoms with Crippen LogP contribution in [-0.4, -0.2) is 54.5 Å². The number of carbonyl (C=O) groups is 3. The monoisotopic (exact) mass is 461 g/mol. The number of urea groups is 1. The van der Waals surface area contributed by atoms with Gasteiger partial charge in [-0.2, -0.15) is 0 Å². The number of amides is 4. The summed E-state index contributed by atoms with van der Waals surface area (Å²) >= 11 is 0. The molecule has 1 aliphatic heterocycles. The zero-order valence-electron chi connectivity index (χ0n) is 19.5. The fourth-order valence-corrected chi connectivity index (χ4v) is 4.71. The lowest BCUT2D eigenvalue weighted by Crippen LogP contribution is -2.47. The van der Waals surface area contributed by atoms with E-state index in [9.17, 15) is 14.4 Å². The third-order valence-electron chi connectivity index (χ3n) is 6.48. The third kappa shape index (κ3) is 4.89. The zero-order valence-corrected chi connectivity index (χ0v) is 19.5. The molecule has 0 radical (unpaired) electrons. The maximum Gasteiger partial charge on any atom is 0.325 e. The summed E-state index contributed by atoms with van der Waals surface area (Å²) in [5.41, 5.74) is 1.29. The first-order chi connectivity index (χ1) is 16.5. The van der Waals surface area contributed by atoms with Gasteiger partial charge in [-0.25, -0.2) is 4.79 Å². The molecule has 34 heavy (non-hydrogen) atoms. The van der Waals surface area contributed by atoms with Crippen molar-refractivity contribution in [2.45, 2.75) is 37.6 Å². The zero-order chi connectivity index (χ0) is 24.0. The number of methoxy groups -OCH3 is 1. The predicted molar refractivity (Wildman–Crippen MR) is 129 cm³/mol. The minimum atomic E-state index is -1.26. The van der Waals surface area contributed by atoms with E-state index in [1.54, 1.807) is 12.0 Å². The normalized spacial score (nSPS) is 20.1. The van der Waals surface area contributed by atoms with Crippen LogP contribution in [0.25, 0.3) is 0 Å². The van der Waals surface area contributed by atoms with Crippen molar-refractivity contribution < 1.29 is 19.1 Å². The Morgan fingerprint density at radius 2 is 1.76 bits per heavy atom. The highest BCUT2D eigenvalue weighted by Gasteiger charge is 2.53. The maximum absolute atomic E-state index is 13.8. The van der Waals surface area contributed by atoms with E-state index in [0.29, 0.717) is 25.1 Å². The standard InChI is InChI=1S/C27H31N3O4/c1-34-18-17-29(23-15-9-4-10-16-23)24(31)20-30-25(32)27(28-26(30)33,22-13-7-3-8-14-22)19-21-11-5-2-6-12-21/h2-3,5-8,11-15H,4,9-10,16-20H2,1H3,(H,28,33)/t27-/m1/s1. The van der Waals surface area contributed by atoms with Crippen molar-refractivity contribution in [2.24, 2.45) is 0 Å². The van der Waals surface area contributed by atoms with Crippen LogP contribution in [0.5, 0.6) is 0 Å². The molecule has 4 rings (SSSR count). The molecule has 1 heterocycles. The summed E-state index contributed by atoms with van der Waals surface area (Å²) in [6.07, 6.45) is 6.21. The largest absolute Gasteiger partial charge is 0.383 e. The van der Waals surface area contributed by atoms with E-state index >= 15 is 0 Å². The summed E-state index contributed by atoms with van der Waals surface area (Å²) in [5, 5.41) is 2.93. The summed E-state index contributed by atoms with van der Waals surface area (Å²) in [6, 6.07) is 18.3. The number of ether oxygens (including phenoxy) is 1. The van der Waals surface area contributed by atoms with Crippen molar-refractivity contribution in [3.05, 3.63) is 83.6 Å². The van der Waals surface area contributed by atoms with Crippen LogP contribution in [-0.2, 0) is 26.3 Å². The number of nitrogens with one attached hydrogen (secondary N) is 1. The van der Waals surface area contributed by atoms with Gasteiger partial charge in [-0.05, 0) is 36.8 Å². The van der Waals surface area contributed by atoms with E-state index in [1.807, 2.05) is 60.7 Å². The first-order valence-electron chi connectivity index (χ1n) is 11.8. The predicted octanol–water partition coefficient (Wildman–Crippen LogP) is 3.61. The van der Waals surface area contributed by atoms with Crippen LogP contribution in [0.4, 0.5) is 4.79 Å². The van der Waals surface area contributed by atoms with Gasteiger partial charge >= 0.3 is 6.03 Å². The summed E-state index contributed by atoms with van der Waals surface area (Å²) in [7, 11) is 1.59. The molecule has 1 aliphatic carbocycles. The molecule has 2 aromatic rings. The quantitative estimate of drug-likeness (QED) is 0.579. The topological polar surface area (TPSA) is 79.0 Å². The lowest BCUT2D eigenvalue weighted by molar-refractivity contribution is -0.138. The van der Waals surface area contributed by atoms with Crippen LogP contribution in [0.15, 0.2) is 72.4 Å². The highest BCUT2D eigenvalue weighted by molar-refractivity contribution is 6.09. The molecule has 1 saturated heterocycles. The van der Waals surface area contributed by atoms with Gasteiger partial charge in [-0.1, -0.05) is 66.7 Å². The van der Waals surface area contributed by atoms with Crippen LogP contribution in [0, 0.1) is 0 Å². The second-order valence-corrected chi connectivity index (χ2v) is 8.73. The Morgan fingerprint density at radius 1 is 1.06 bits per heavy atom. The van der Waals surface area contributed by atoms with Crippen LogP contribution in [0.3, 0.4) is 0 Å². The molecule has 7 nitrogen and oxygen atoms in total. The highest BCUT2D eigenvalue weighted by Crippen LogP contribution is 2.33. The van der Waals surface area contributed by atoms with E-state index in [1.165, 1.54) is 0 Å². The molecule has 0 aromatic heterocycles. The Bertz CT molecular complexity index is 1050. The molecule has 1 atom stereocenters. The van der Waals surface area contributed by atoms with E-state index in [-0.39, 0.29) is 12.5 Å². The Hall–Kier alpha value is -3.45. The molecular weight excluding hydrogens is 430 g/mol. The second-order valence-electron chi connectivity index (χ2n) is 8.73. The van der Waals surface area contributed by atoms with E-state index in [4.69, 9.17) is 4.74 Å². The van der Waals surface area contributed by atoms with Crippen molar-refractivity contribution >= 4 is 17.8 Å². The Kier molecular flexibility index (Phi) is 7.43. The van der Waals surface area contributed by atoms with Gasteiger partial charge in [-0.3, -0.25) is 14.5 Å². The average Bonchev–Trinajstić information content (AvgIpc) is 3.11. The molecule has 1 fully saturated rings. The lowest BCUT2D eigenvalue weighted by atomic mass is 9.83. The van der Waals surface area contributed by atoms with Gasteiger partial charge in [0.1, 0.15) is 6.54 Å². The smallest absolute Gasteiger partial charge is 0.325 e. The number of nitrogens with zero attached hydrogens (tertiary/aromatic N) is 2. The van der Waals surface area contributed by atoms with Gasteiger partial charge < -0.3 is 15.0 Å². The van der Waals surface area contributed by atoms with Crippen molar-refractivity contribution in [3.8, 4) is 0 Å². The lowest BCUT2D eigenvalue weighted by Gasteiger charge is -2.30. The molecule has 0 spiro atoms. The SMILES string of the molecule is COCCN(C(=O)CN1C(=O)N[C@](Cc2ccccc2)(c2ccccc2)C1=O)C1=CCCCC1. The van der Waals surface area contributed by atoms with Crippen LogP contribution < -0.4 is 5.32 Å². The molecule has 178 valence electrons. The molecule has 4 amide bonds. The number of imide groups is 1. The van der Waals surface area contributed by atoms with Gasteiger partial charge in [0, 0.05) is 25.8 Å². The Labute approximate surface area is 200 Å². The second kappa shape index (κ2) is 10.7. The molecule has 7 heteroatoms. The number of hydrogen-bond acceptors (Lipinski definition) is 4. The number of rotatable bonds is 9. The van der Waals surface area contributed by atoms with Gasteiger partial charge in [0.15, 0.2) is 5.54 Å². The maximum atomic E-state index is 13.8. The van der Waals surface area contributed by atoms with Gasteiger partial charge in [0.25, 0.3) is 5.91 Å². The number of carbonyl (C=O) groups excluding carboxylic acids is 3. The van der Waals surface area contributed by atoms with Crippen LogP contribution >= 0.6 is 0 Å². The minimum absolute atomic E-state index is 0.280. The highest BCUT2D eigenvalue weighted by atomic mass is 16.5. The molecule has 2 aliphatic rings. The van der Waals surface area contributed by atoms with Crippen molar-refractivity contribution in [1.82, 2.24) is 15.1 Å². The van der Waals surface area contributed by atoms with Crippen molar-refractivity contribution in [2.75, 3.05) is 26.8 Å². The van der Waals surface area contributed by atoms with Crippen LogP contribution in [0.2, 0.25) is 0 Å². The molecule has 0 saturated carbocycles. The van der Waals surface area contributed by atoms with Crippen LogP contribution in [0.1, 0.15) is 36.8 Å².